The average molecular weight is 866 g/mol. The number of fused-ring (bicyclic) bond motifs is 4. The van der Waals surface area contributed by atoms with E-state index < -0.39 is 48.2 Å². The molecule has 8 rings (SSSR count). The highest BCUT2D eigenvalue weighted by molar-refractivity contribution is 5.92. The first kappa shape index (κ1) is 44.5. The fourth-order valence-electron chi connectivity index (χ4n) is 9.25. The molecule has 330 valence electrons. The Bertz CT molecular complexity index is 2560. The molecule has 0 unspecified atom stereocenters. The lowest BCUT2D eigenvalue weighted by Gasteiger charge is -2.38. The Balaban J connectivity index is 1.17. The van der Waals surface area contributed by atoms with Crippen molar-refractivity contribution < 1.29 is 28.6 Å². The van der Waals surface area contributed by atoms with Gasteiger partial charge in [-0.2, -0.15) is 0 Å². The van der Waals surface area contributed by atoms with Gasteiger partial charge >= 0.3 is 6.09 Å². The van der Waals surface area contributed by atoms with E-state index in [0.29, 0.717) is 13.2 Å². The molecule has 7 aromatic rings. The molecule has 65 heavy (non-hydrogen) atoms. The van der Waals surface area contributed by atoms with Crippen LogP contribution in [0.5, 0.6) is 0 Å². The Hall–Kier alpha value is -7.07. The first-order valence-electron chi connectivity index (χ1n) is 22.4. The molecule has 1 aliphatic carbocycles. The molecule has 2 atom stereocenters. The Kier molecular flexibility index (Phi) is 14.1. The van der Waals surface area contributed by atoms with E-state index in [0.717, 1.165) is 55.3 Å². The van der Waals surface area contributed by atoms with Crippen LogP contribution in [0.1, 0.15) is 66.5 Å². The molecule has 1 aliphatic rings. The number of carbonyl (C=O) groups excluding carboxylic acids is 3. The van der Waals surface area contributed by atoms with E-state index in [1.54, 1.807) is 4.90 Å². The fourth-order valence-corrected chi connectivity index (χ4v) is 9.25. The summed E-state index contributed by atoms with van der Waals surface area (Å²) in [6.07, 6.45) is -2.03. The van der Waals surface area contributed by atoms with E-state index in [1.165, 1.54) is 0 Å². The molecular weight excluding hydrogens is 811 g/mol. The van der Waals surface area contributed by atoms with Gasteiger partial charge in [0.1, 0.15) is 18.2 Å². The van der Waals surface area contributed by atoms with Gasteiger partial charge in [0.25, 0.3) is 0 Å². The van der Waals surface area contributed by atoms with Crippen LogP contribution in [-0.2, 0) is 35.9 Å². The molecule has 0 aromatic heterocycles. The van der Waals surface area contributed by atoms with Gasteiger partial charge in [0.2, 0.25) is 11.8 Å². The third kappa shape index (κ3) is 9.58. The van der Waals surface area contributed by atoms with Crippen LogP contribution >= 0.6 is 0 Å². The monoisotopic (exact) mass is 865 g/mol. The van der Waals surface area contributed by atoms with Gasteiger partial charge in [-0.1, -0.05) is 182 Å². The summed E-state index contributed by atoms with van der Waals surface area (Å²) in [5.74, 6) is -1.18. The van der Waals surface area contributed by atoms with Crippen molar-refractivity contribution in [3.05, 3.63) is 215 Å². The Morgan fingerprint density at radius 3 is 1.66 bits per heavy atom. The van der Waals surface area contributed by atoms with Crippen LogP contribution in [-0.4, -0.2) is 61.0 Å². The summed E-state index contributed by atoms with van der Waals surface area (Å²) < 4.78 is 18.3. The van der Waals surface area contributed by atoms with Crippen LogP contribution < -0.4 is 10.6 Å². The van der Waals surface area contributed by atoms with Crippen LogP contribution in [0.25, 0.3) is 21.9 Å². The SMILES string of the molecule is CCOC(OCC)[C@H](C)N(Cc1cccc2ccccc12)C(=O)[C@H](CC(=O)NC(c1ccccc1)(c1ccccc1)c1ccccc1)NC(=O)OCC1c2ccccc2-c2ccccc21. The van der Waals surface area contributed by atoms with Gasteiger partial charge in [-0.15, -0.1) is 0 Å². The molecular formula is C56H55N3O6. The smallest absolute Gasteiger partial charge is 0.407 e. The maximum atomic E-state index is 15.5. The van der Waals surface area contributed by atoms with Crippen LogP contribution in [0.2, 0.25) is 0 Å². The van der Waals surface area contributed by atoms with Crippen molar-refractivity contribution in [3.63, 3.8) is 0 Å². The molecule has 0 bridgehead atoms. The molecule has 2 N–H and O–H groups in total. The highest BCUT2D eigenvalue weighted by Gasteiger charge is 2.41. The van der Waals surface area contributed by atoms with Gasteiger partial charge in [-0.25, -0.2) is 4.79 Å². The van der Waals surface area contributed by atoms with Crippen LogP contribution in [0.4, 0.5) is 4.79 Å². The zero-order valence-corrected chi connectivity index (χ0v) is 37.1. The molecule has 0 spiro atoms. The fraction of sp³-hybridized carbons (Fsp3) is 0.232. The summed E-state index contributed by atoms with van der Waals surface area (Å²) in [7, 11) is 0. The normalized spacial score (nSPS) is 13.1. The topological polar surface area (TPSA) is 106 Å². The highest BCUT2D eigenvalue weighted by atomic mass is 16.7. The van der Waals surface area contributed by atoms with Gasteiger partial charge < -0.3 is 29.7 Å². The van der Waals surface area contributed by atoms with Gasteiger partial charge in [-0.3, -0.25) is 9.59 Å². The summed E-state index contributed by atoms with van der Waals surface area (Å²) in [5.41, 5.74) is 6.48. The van der Waals surface area contributed by atoms with E-state index in [4.69, 9.17) is 14.2 Å². The molecule has 0 heterocycles. The second-order valence-electron chi connectivity index (χ2n) is 16.2. The third-order valence-electron chi connectivity index (χ3n) is 12.3. The molecule has 3 amide bonds. The predicted octanol–water partition coefficient (Wildman–Crippen LogP) is 10.4. The maximum absolute atomic E-state index is 15.5. The van der Waals surface area contributed by atoms with Crippen LogP contribution in [0.15, 0.2) is 182 Å². The van der Waals surface area contributed by atoms with Crippen molar-refractivity contribution in [1.29, 1.82) is 0 Å². The van der Waals surface area contributed by atoms with E-state index in [2.05, 4.69) is 34.9 Å². The van der Waals surface area contributed by atoms with Crippen molar-refractivity contribution in [2.45, 2.75) is 63.6 Å². The average Bonchev–Trinajstić information content (AvgIpc) is 3.67. The quantitative estimate of drug-likeness (QED) is 0.0657. The predicted molar refractivity (Wildman–Crippen MR) is 255 cm³/mol. The minimum absolute atomic E-state index is 0.0268. The van der Waals surface area contributed by atoms with Crippen molar-refractivity contribution in [1.82, 2.24) is 15.5 Å². The molecule has 9 nitrogen and oxygen atoms in total. The number of rotatable bonds is 18. The third-order valence-corrected chi connectivity index (χ3v) is 12.3. The molecule has 0 radical (unpaired) electrons. The van der Waals surface area contributed by atoms with Crippen LogP contribution in [0, 0.1) is 0 Å². The van der Waals surface area contributed by atoms with Crippen molar-refractivity contribution >= 4 is 28.7 Å². The lowest BCUT2D eigenvalue weighted by atomic mass is 9.77. The number of nitrogens with zero attached hydrogens (tertiary/aromatic N) is 1. The van der Waals surface area contributed by atoms with Crippen molar-refractivity contribution in [2.75, 3.05) is 19.8 Å². The zero-order chi connectivity index (χ0) is 45.2. The Morgan fingerprint density at radius 1 is 0.615 bits per heavy atom. The summed E-state index contributed by atoms with van der Waals surface area (Å²) in [5, 5.41) is 8.27. The van der Waals surface area contributed by atoms with Crippen molar-refractivity contribution in [3.8, 4) is 11.1 Å². The number of nitrogens with one attached hydrogen (secondary N) is 2. The number of hydrogen-bond donors (Lipinski definition) is 2. The van der Waals surface area contributed by atoms with E-state index in [9.17, 15) is 4.79 Å². The van der Waals surface area contributed by atoms with Gasteiger partial charge in [-0.05, 0) is 76.1 Å². The first-order valence-corrected chi connectivity index (χ1v) is 22.4. The highest BCUT2D eigenvalue weighted by Crippen LogP contribution is 2.44. The molecule has 0 aliphatic heterocycles. The molecule has 0 fully saturated rings. The molecule has 7 aromatic carbocycles. The van der Waals surface area contributed by atoms with Crippen LogP contribution in [0.3, 0.4) is 0 Å². The molecule has 9 heteroatoms. The second-order valence-corrected chi connectivity index (χ2v) is 16.2. The zero-order valence-electron chi connectivity index (χ0n) is 37.1. The lowest BCUT2D eigenvalue weighted by molar-refractivity contribution is -0.179. The lowest BCUT2D eigenvalue weighted by Crippen LogP contribution is -2.56. The largest absolute Gasteiger partial charge is 0.449 e. The second kappa shape index (κ2) is 20.6. The number of benzene rings is 7. The standard InChI is InChI=1S/C56H55N3O6/c1-4-63-54(64-5-2)39(3)59(37-41-24-21-23-40-22-15-16-31-45(40)41)53(61)51(57-55(62)65-38-50-48-34-19-17-32-46(48)47-33-18-20-35-49(47)50)36-52(60)58-56(42-25-9-6-10-26-42,43-27-11-7-12-28-43)44-29-13-8-14-30-44/h6-35,39,50-51,54H,4-5,36-38H2,1-3H3,(H,57,62)(H,58,60)/t39-,51-/m0/s1. The minimum atomic E-state index is -1.37. The molecule has 0 saturated carbocycles. The Morgan fingerprint density at radius 2 is 1.11 bits per heavy atom. The number of hydrogen-bond acceptors (Lipinski definition) is 6. The first-order chi connectivity index (χ1) is 31.8. The number of alkyl carbamates (subject to hydrolysis) is 1. The number of carbonyl (C=O) groups is 3. The maximum Gasteiger partial charge on any atom is 0.407 e. The van der Waals surface area contributed by atoms with E-state index in [1.807, 2.05) is 178 Å². The summed E-state index contributed by atoms with van der Waals surface area (Å²) in [4.78, 5) is 46.5. The summed E-state index contributed by atoms with van der Waals surface area (Å²) in [6.45, 7) is 6.48. The Labute approximate surface area is 381 Å². The van der Waals surface area contributed by atoms with Gasteiger partial charge in [0.05, 0.1) is 12.5 Å². The molecule has 0 saturated heterocycles. The number of amides is 3. The van der Waals surface area contributed by atoms with Gasteiger partial charge in [0.15, 0.2) is 6.29 Å². The number of ether oxygens (including phenoxy) is 3. The van der Waals surface area contributed by atoms with E-state index >= 15 is 9.59 Å². The van der Waals surface area contributed by atoms with Gasteiger partial charge in [0, 0.05) is 25.7 Å². The van der Waals surface area contributed by atoms with E-state index in [-0.39, 0.29) is 19.1 Å². The summed E-state index contributed by atoms with van der Waals surface area (Å²) in [6, 6.07) is 57.5. The summed E-state index contributed by atoms with van der Waals surface area (Å²) >= 11 is 0. The van der Waals surface area contributed by atoms with Crippen molar-refractivity contribution in [2.24, 2.45) is 0 Å². The minimum Gasteiger partial charge on any atom is -0.449 e.